The van der Waals surface area contributed by atoms with E-state index in [-0.39, 0.29) is 0 Å². The molecule has 1 aliphatic carbocycles. The van der Waals surface area contributed by atoms with Crippen LogP contribution in [0.5, 0.6) is 11.5 Å². The van der Waals surface area contributed by atoms with Gasteiger partial charge in [-0.2, -0.15) is 0 Å². The first-order valence-electron chi connectivity index (χ1n) is 9.16. The Kier molecular flexibility index (Phi) is 4.80. The molecular weight excluding hydrogens is 328 g/mol. The van der Waals surface area contributed by atoms with Crippen molar-refractivity contribution in [3.63, 3.8) is 0 Å². The van der Waals surface area contributed by atoms with Crippen LogP contribution in [0.2, 0.25) is 0 Å². The lowest BCUT2D eigenvalue weighted by molar-refractivity contribution is 0.209. The van der Waals surface area contributed by atoms with Gasteiger partial charge in [-0.25, -0.2) is 4.79 Å². The van der Waals surface area contributed by atoms with Crippen LogP contribution in [-0.2, 0) is 0 Å². The molecule has 0 aromatic heterocycles. The fourth-order valence-corrected chi connectivity index (χ4v) is 2.96. The number of carbonyl (C=O) groups is 1. The Bertz CT molecular complexity index is 744. The van der Waals surface area contributed by atoms with Crippen molar-refractivity contribution in [2.75, 3.05) is 31.6 Å². The summed E-state index contributed by atoms with van der Waals surface area (Å²) in [6, 6.07) is 17.2. The number of rotatable bonds is 7. The van der Waals surface area contributed by atoms with Gasteiger partial charge < -0.3 is 9.47 Å². The minimum absolute atomic E-state index is 0.418. The second-order valence-electron chi connectivity index (χ2n) is 7.10. The molecule has 2 atom stereocenters. The van der Waals surface area contributed by atoms with E-state index in [1.54, 1.807) is 19.2 Å². The van der Waals surface area contributed by atoms with Gasteiger partial charge in [0, 0.05) is 25.8 Å². The van der Waals surface area contributed by atoms with E-state index in [0.717, 1.165) is 30.5 Å². The van der Waals surface area contributed by atoms with Crippen molar-refractivity contribution < 1.29 is 14.3 Å². The molecule has 5 nitrogen and oxygen atoms in total. The summed E-state index contributed by atoms with van der Waals surface area (Å²) in [4.78, 5) is 16.2. The Labute approximate surface area is 154 Å². The van der Waals surface area contributed by atoms with Crippen LogP contribution in [0.15, 0.2) is 54.6 Å². The number of amides is 1. The van der Waals surface area contributed by atoms with Gasteiger partial charge in [-0.3, -0.25) is 9.80 Å². The number of nitrogens with zero attached hydrogens (tertiary/aromatic N) is 2. The molecule has 0 bridgehead atoms. The molecule has 0 N–H and O–H groups in total. The van der Waals surface area contributed by atoms with Gasteiger partial charge in [0.25, 0.3) is 0 Å². The van der Waals surface area contributed by atoms with Gasteiger partial charge in [0.15, 0.2) is 0 Å². The summed E-state index contributed by atoms with van der Waals surface area (Å²) >= 11 is 0. The van der Waals surface area contributed by atoms with Crippen LogP contribution in [-0.4, -0.2) is 43.8 Å². The topological polar surface area (TPSA) is 41.8 Å². The number of hydrogen-bond acceptors (Lipinski definition) is 4. The molecule has 5 heteroatoms. The minimum Gasteiger partial charge on any atom is -0.492 e. The number of benzene rings is 2. The molecule has 1 saturated heterocycles. The van der Waals surface area contributed by atoms with Crippen LogP contribution in [0.4, 0.5) is 10.5 Å². The average Bonchev–Trinajstić information content (AvgIpc) is 3.60. The molecule has 26 heavy (non-hydrogen) atoms. The minimum atomic E-state index is -0.418. The third-order valence-electron chi connectivity index (χ3n) is 4.91. The summed E-state index contributed by atoms with van der Waals surface area (Å²) in [5.41, 5.74) is 0.764. The maximum atomic E-state index is 12.2. The van der Waals surface area contributed by atoms with Crippen molar-refractivity contribution in [2.24, 2.45) is 5.92 Å². The summed E-state index contributed by atoms with van der Waals surface area (Å²) in [6.07, 6.45) is 2.37. The van der Waals surface area contributed by atoms with Crippen molar-refractivity contribution in [2.45, 2.75) is 18.9 Å². The van der Waals surface area contributed by atoms with Crippen molar-refractivity contribution in [1.82, 2.24) is 4.90 Å². The van der Waals surface area contributed by atoms with Gasteiger partial charge in [0.2, 0.25) is 0 Å². The lowest BCUT2D eigenvalue weighted by atomic mass is 10.3. The third kappa shape index (κ3) is 4.35. The van der Waals surface area contributed by atoms with E-state index < -0.39 is 6.09 Å². The maximum absolute atomic E-state index is 12.2. The number of para-hydroxylation sites is 1. The zero-order valence-electron chi connectivity index (χ0n) is 15.0. The molecular formula is C21H24N2O3. The SMILES string of the molecule is CN(C(=O)Oc1ccccc1)c1ccc(OCC2CN2CC2CC2)cc1. The van der Waals surface area contributed by atoms with Crippen molar-refractivity contribution in [3.05, 3.63) is 54.6 Å². The van der Waals surface area contributed by atoms with Crippen molar-refractivity contribution in [1.29, 1.82) is 0 Å². The first-order valence-corrected chi connectivity index (χ1v) is 9.16. The quantitative estimate of drug-likeness (QED) is 0.711. The molecule has 2 fully saturated rings. The molecule has 4 rings (SSSR count). The first-order chi connectivity index (χ1) is 12.7. The van der Waals surface area contributed by atoms with Gasteiger partial charge in [0.1, 0.15) is 18.1 Å². The maximum Gasteiger partial charge on any atom is 0.419 e. The lowest BCUT2D eigenvalue weighted by Crippen LogP contribution is -2.29. The highest BCUT2D eigenvalue weighted by atomic mass is 16.6. The van der Waals surface area contributed by atoms with E-state index in [1.807, 2.05) is 42.5 Å². The Hall–Kier alpha value is -2.53. The number of carbonyl (C=O) groups excluding carboxylic acids is 1. The standard InChI is InChI=1S/C21H24N2O3/c1-22(21(24)26-20-5-3-2-4-6-20)17-9-11-19(12-10-17)25-15-18-14-23(18)13-16-7-8-16/h2-6,9-12,16,18H,7-8,13-15H2,1H3. The zero-order valence-corrected chi connectivity index (χ0v) is 15.0. The molecule has 136 valence electrons. The lowest BCUT2D eigenvalue weighted by Gasteiger charge is -2.17. The summed E-state index contributed by atoms with van der Waals surface area (Å²) in [6.45, 7) is 3.13. The molecule has 1 saturated carbocycles. The van der Waals surface area contributed by atoms with E-state index in [2.05, 4.69) is 4.90 Å². The Morgan fingerprint density at radius 3 is 2.50 bits per heavy atom. The molecule has 2 unspecified atom stereocenters. The Balaban J connectivity index is 1.26. The molecule has 0 radical (unpaired) electrons. The summed E-state index contributed by atoms with van der Waals surface area (Å²) in [7, 11) is 1.70. The van der Waals surface area contributed by atoms with Crippen LogP contribution in [0, 0.1) is 5.92 Å². The molecule has 0 spiro atoms. The molecule has 1 aliphatic heterocycles. The van der Waals surface area contributed by atoms with Crippen molar-refractivity contribution >= 4 is 11.8 Å². The summed E-state index contributed by atoms with van der Waals surface area (Å²) in [5, 5.41) is 0. The second-order valence-corrected chi connectivity index (χ2v) is 7.10. The predicted molar refractivity (Wildman–Crippen MR) is 101 cm³/mol. The van der Waals surface area contributed by atoms with Crippen LogP contribution < -0.4 is 14.4 Å². The normalized spacial score (nSPS) is 21.1. The highest BCUT2D eigenvalue weighted by Gasteiger charge is 2.38. The largest absolute Gasteiger partial charge is 0.492 e. The van der Waals surface area contributed by atoms with E-state index in [0.29, 0.717) is 11.8 Å². The molecule has 1 amide bonds. The fraction of sp³-hybridized carbons (Fsp3) is 0.381. The summed E-state index contributed by atoms with van der Waals surface area (Å²) in [5.74, 6) is 2.30. The fourth-order valence-electron chi connectivity index (χ4n) is 2.96. The number of anilines is 1. The highest BCUT2D eigenvalue weighted by Crippen LogP contribution is 2.33. The zero-order chi connectivity index (χ0) is 17.9. The van der Waals surface area contributed by atoms with Crippen LogP contribution in [0.1, 0.15) is 12.8 Å². The van der Waals surface area contributed by atoms with Gasteiger partial charge in [-0.15, -0.1) is 0 Å². The second kappa shape index (κ2) is 7.38. The smallest absolute Gasteiger partial charge is 0.419 e. The monoisotopic (exact) mass is 352 g/mol. The predicted octanol–water partition coefficient (Wildman–Crippen LogP) is 3.79. The van der Waals surface area contributed by atoms with Crippen LogP contribution in [0.3, 0.4) is 0 Å². The van der Waals surface area contributed by atoms with Crippen molar-refractivity contribution in [3.8, 4) is 11.5 Å². The van der Waals surface area contributed by atoms with Gasteiger partial charge in [-0.1, -0.05) is 18.2 Å². The Morgan fingerprint density at radius 2 is 1.81 bits per heavy atom. The molecule has 2 aromatic carbocycles. The number of ether oxygens (including phenoxy) is 2. The number of hydrogen-bond donors (Lipinski definition) is 0. The highest BCUT2D eigenvalue weighted by molar-refractivity contribution is 5.88. The van der Waals surface area contributed by atoms with E-state index in [9.17, 15) is 4.79 Å². The van der Waals surface area contributed by atoms with E-state index >= 15 is 0 Å². The van der Waals surface area contributed by atoms with Crippen LogP contribution in [0.25, 0.3) is 0 Å². The van der Waals surface area contributed by atoms with Gasteiger partial charge >= 0.3 is 6.09 Å². The molecule has 2 aliphatic rings. The Morgan fingerprint density at radius 1 is 1.08 bits per heavy atom. The summed E-state index contributed by atoms with van der Waals surface area (Å²) < 4.78 is 11.2. The molecule has 1 heterocycles. The van der Waals surface area contributed by atoms with E-state index in [4.69, 9.17) is 9.47 Å². The van der Waals surface area contributed by atoms with Crippen LogP contribution >= 0.6 is 0 Å². The van der Waals surface area contributed by atoms with E-state index in [1.165, 1.54) is 24.3 Å². The average molecular weight is 352 g/mol. The molecule has 2 aromatic rings. The van der Waals surface area contributed by atoms with Gasteiger partial charge in [0.05, 0.1) is 6.04 Å². The third-order valence-corrected chi connectivity index (χ3v) is 4.91. The first kappa shape index (κ1) is 16.9. The van der Waals surface area contributed by atoms with Gasteiger partial charge in [-0.05, 0) is 55.2 Å².